The Bertz CT molecular complexity index is 498. The summed E-state index contributed by atoms with van der Waals surface area (Å²) < 4.78 is 5.89. The highest BCUT2D eigenvalue weighted by atomic mass is 79.9. The highest BCUT2D eigenvalue weighted by Gasteiger charge is 2.28. The van der Waals surface area contributed by atoms with E-state index in [2.05, 4.69) is 26.6 Å². The Kier molecular flexibility index (Phi) is 4.67. The second-order valence-corrected chi connectivity index (χ2v) is 5.60. The van der Waals surface area contributed by atoms with E-state index in [1.807, 2.05) is 0 Å². The molecule has 1 saturated heterocycles. The first kappa shape index (κ1) is 14.6. The van der Waals surface area contributed by atoms with E-state index < -0.39 is 12.1 Å². The number of hydrogen-bond donors (Lipinski definition) is 3. The molecule has 0 spiro atoms. The van der Waals surface area contributed by atoms with Crippen molar-refractivity contribution in [2.45, 2.75) is 18.6 Å². The molecule has 2 unspecified atom stereocenters. The van der Waals surface area contributed by atoms with Crippen molar-refractivity contribution in [2.24, 2.45) is 0 Å². The summed E-state index contributed by atoms with van der Waals surface area (Å²) in [4.78, 5) is 12.1. The van der Waals surface area contributed by atoms with Crippen LogP contribution >= 0.6 is 27.5 Å². The zero-order chi connectivity index (χ0) is 14.0. The van der Waals surface area contributed by atoms with Crippen LogP contribution in [0.2, 0.25) is 5.02 Å². The van der Waals surface area contributed by atoms with E-state index in [1.54, 1.807) is 12.1 Å². The summed E-state index contributed by atoms with van der Waals surface area (Å²) in [5, 5.41) is 15.6. The molecule has 1 aliphatic heterocycles. The number of methoxy groups -OCH3 is 1. The third kappa shape index (κ3) is 3.39. The Labute approximate surface area is 124 Å². The molecule has 7 heteroatoms. The number of halogens is 2. The van der Waals surface area contributed by atoms with Crippen molar-refractivity contribution in [3.63, 3.8) is 0 Å². The SMILES string of the molecule is COc1c(Br)cc(Cl)cc1NC(=O)C1CC(O)CN1. The van der Waals surface area contributed by atoms with Crippen LogP contribution in [-0.2, 0) is 4.79 Å². The van der Waals surface area contributed by atoms with E-state index in [-0.39, 0.29) is 5.91 Å². The van der Waals surface area contributed by atoms with Gasteiger partial charge in [0.05, 0.1) is 29.4 Å². The minimum Gasteiger partial charge on any atom is -0.493 e. The fraction of sp³-hybridized carbons (Fsp3) is 0.417. The van der Waals surface area contributed by atoms with E-state index in [0.29, 0.717) is 33.9 Å². The van der Waals surface area contributed by atoms with E-state index in [1.165, 1.54) is 7.11 Å². The lowest BCUT2D eigenvalue weighted by Crippen LogP contribution is -2.35. The lowest BCUT2D eigenvalue weighted by atomic mass is 10.2. The van der Waals surface area contributed by atoms with E-state index in [9.17, 15) is 9.90 Å². The quantitative estimate of drug-likeness (QED) is 0.778. The lowest BCUT2D eigenvalue weighted by molar-refractivity contribution is -0.117. The summed E-state index contributed by atoms with van der Waals surface area (Å²) in [7, 11) is 1.52. The molecule has 0 radical (unpaired) electrons. The van der Waals surface area contributed by atoms with Gasteiger partial charge < -0.3 is 20.5 Å². The molecule has 2 atom stereocenters. The number of aliphatic hydroxyl groups is 1. The predicted octanol–water partition coefficient (Wildman–Crippen LogP) is 1.77. The van der Waals surface area contributed by atoms with Gasteiger partial charge in [-0.15, -0.1) is 0 Å². The molecular weight excluding hydrogens is 336 g/mol. The average Bonchev–Trinajstić information content (AvgIpc) is 2.75. The van der Waals surface area contributed by atoms with Gasteiger partial charge in [-0.1, -0.05) is 11.6 Å². The summed E-state index contributed by atoms with van der Waals surface area (Å²) >= 11 is 9.28. The number of β-amino-alcohol motifs (C(OH)–C–C–N with tert-alkyl or cyclic N) is 1. The Balaban J connectivity index is 2.16. The first-order valence-electron chi connectivity index (χ1n) is 5.76. The van der Waals surface area contributed by atoms with Crippen LogP contribution in [0.3, 0.4) is 0 Å². The molecule has 104 valence electrons. The third-order valence-electron chi connectivity index (χ3n) is 2.89. The predicted molar refractivity (Wildman–Crippen MR) is 76.7 cm³/mol. The van der Waals surface area contributed by atoms with Crippen molar-refractivity contribution in [3.8, 4) is 5.75 Å². The number of carbonyl (C=O) groups is 1. The molecule has 2 rings (SSSR count). The van der Waals surface area contributed by atoms with E-state index in [0.717, 1.165) is 0 Å². The summed E-state index contributed by atoms with van der Waals surface area (Å²) in [6, 6.07) is 2.90. The first-order valence-corrected chi connectivity index (χ1v) is 6.93. The molecule has 1 aromatic carbocycles. The van der Waals surface area contributed by atoms with Crippen LogP contribution in [0.5, 0.6) is 5.75 Å². The van der Waals surface area contributed by atoms with Gasteiger partial charge in [-0.2, -0.15) is 0 Å². The number of anilines is 1. The summed E-state index contributed by atoms with van der Waals surface area (Å²) in [6.45, 7) is 0.425. The highest BCUT2D eigenvalue weighted by Crippen LogP contribution is 2.36. The molecule has 19 heavy (non-hydrogen) atoms. The molecule has 5 nitrogen and oxygen atoms in total. The molecule has 0 bridgehead atoms. The number of benzene rings is 1. The highest BCUT2D eigenvalue weighted by molar-refractivity contribution is 9.10. The molecule has 1 heterocycles. The van der Waals surface area contributed by atoms with Crippen LogP contribution in [0, 0.1) is 0 Å². The second kappa shape index (κ2) is 6.09. The van der Waals surface area contributed by atoms with Crippen LogP contribution in [0.4, 0.5) is 5.69 Å². The lowest BCUT2D eigenvalue weighted by Gasteiger charge is -2.15. The Morgan fingerprint density at radius 2 is 2.37 bits per heavy atom. The van der Waals surface area contributed by atoms with Gasteiger partial charge >= 0.3 is 0 Å². The maximum absolute atomic E-state index is 12.1. The van der Waals surface area contributed by atoms with Crippen molar-refractivity contribution >= 4 is 39.1 Å². The zero-order valence-electron chi connectivity index (χ0n) is 10.2. The van der Waals surface area contributed by atoms with Crippen LogP contribution in [0.25, 0.3) is 0 Å². The molecule has 1 aliphatic rings. The fourth-order valence-corrected chi connectivity index (χ4v) is 2.97. The molecule has 1 aromatic rings. The van der Waals surface area contributed by atoms with Crippen molar-refractivity contribution in [3.05, 3.63) is 21.6 Å². The van der Waals surface area contributed by atoms with E-state index in [4.69, 9.17) is 16.3 Å². The maximum Gasteiger partial charge on any atom is 0.241 e. The van der Waals surface area contributed by atoms with Crippen LogP contribution in [-0.4, -0.2) is 36.8 Å². The van der Waals surface area contributed by atoms with Gasteiger partial charge in [-0.05, 0) is 34.5 Å². The molecular formula is C12H14BrClN2O3. The van der Waals surface area contributed by atoms with Crippen molar-refractivity contribution in [1.82, 2.24) is 5.32 Å². The van der Waals surface area contributed by atoms with Crippen LogP contribution in [0.1, 0.15) is 6.42 Å². The maximum atomic E-state index is 12.1. The minimum absolute atomic E-state index is 0.219. The number of aliphatic hydroxyl groups excluding tert-OH is 1. The average molecular weight is 350 g/mol. The van der Waals surface area contributed by atoms with Gasteiger partial charge in [0.2, 0.25) is 5.91 Å². The van der Waals surface area contributed by atoms with Gasteiger partial charge in [0.25, 0.3) is 0 Å². The van der Waals surface area contributed by atoms with Gasteiger partial charge in [-0.3, -0.25) is 4.79 Å². The fourth-order valence-electron chi connectivity index (χ4n) is 2.00. The molecule has 0 aromatic heterocycles. The number of amides is 1. The zero-order valence-corrected chi connectivity index (χ0v) is 12.6. The Morgan fingerprint density at radius 3 is 2.95 bits per heavy atom. The molecule has 1 amide bonds. The second-order valence-electron chi connectivity index (χ2n) is 4.31. The van der Waals surface area contributed by atoms with Gasteiger partial charge in [0, 0.05) is 11.6 Å². The Hall–Kier alpha value is -0.820. The third-order valence-corrected chi connectivity index (χ3v) is 3.70. The topological polar surface area (TPSA) is 70.6 Å². The first-order chi connectivity index (χ1) is 9.01. The number of nitrogens with one attached hydrogen (secondary N) is 2. The number of hydrogen-bond acceptors (Lipinski definition) is 4. The van der Waals surface area contributed by atoms with E-state index >= 15 is 0 Å². The van der Waals surface area contributed by atoms with Crippen molar-refractivity contribution in [2.75, 3.05) is 19.0 Å². The van der Waals surface area contributed by atoms with Gasteiger partial charge in [0.15, 0.2) is 5.75 Å². The van der Waals surface area contributed by atoms with Crippen LogP contribution in [0.15, 0.2) is 16.6 Å². The standard InChI is InChI=1S/C12H14BrClN2O3/c1-19-11-8(13)2-6(14)3-9(11)16-12(18)10-4-7(17)5-15-10/h2-3,7,10,15,17H,4-5H2,1H3,(H,16,18). The molecule has 3 N–H and O–H groups in total. The Morgan fingerprint density at radius 1 is 1.63 bits per heavy atom. The smallest absolute Gasteiger partial charge is 0.241 e. The normalized spacial score (nSPS) is 22.3. The van der Waals surface area contributed by atoms with Crippen LogP contribution < -0.4 is 15.4 Å². The van der Waals surface area contributed by atoms with Gasteiger partial charge in [-0.25, -0.2) is 0 Å². The van der Waals surface area contributed by atoms with Gasteiger partial charge in [0.1, 0.15) is 0 Å². The summed E-state index contributed by atoms with van der Waals surface area (Å²) in [5.74, 6) is 0.292. The number of ether oxygens (including phenoxy) is 1. The molecule has 1 fully saturated rings. The van der Waals surface area contributed by atoms with Crippen molar-refractivity contribution in [1.29, 1.82) is 0 Å². The minimum atomic E-state index is -0.483. The monoisotopic (exact) mass is 348 g/mol. The summed E-state index contributed by atoms with van der Waals surface area (Å²) in [5.41, 5.74) is 0.495. The summed E-state index contributed by atoms with van der Waals surface area (Å²) in [6.07, 6.45) is -0.0840. The molecule has 0 aliphatic carbocycles. The largest absolute Gasteiger partial charge is 0.493 e. The molecule has 0 saturated carbocycles. The number of rotatable bonds is 3. The van der Waals surface area contributed by atoms with Crippen molar-refractivity contribution < 1.29 is 14.6 Å². The number of carbonyl (C=O) groups excluding carboxylic acids is 1.